The molecule has 1 amide bonds. The standard InChI is InChI=1S/C21H23ClN6OS/c1-14-6-2-5-9-17(14)25-21-27-18(26-20(23)28-21)13-30-11-10-19(29)24-12-15-7-3-4-8-16(15)22/h2-9H,10-13H2,1H3,(H,24,29)(H3,23,25,26,27,28). The minimum absolute atomic E-state index is 0.0283. The van der Waals surface area contributed by atoms with Crippen LogP contribution in [0.15, 0.2) is 48.5 Å². The van der Waals surface area contributed by atoms with Crippen LogP contribution in [0.25, 0.3) is 0 Å². The van der Waals surface area contributed by atoms with E-state index in [1.807, 2.05) is 55.5 Å². The highest BCUT2D eigenvalue weighted by atomic mass is 35.5. The van der Waals surface area contributed by atoms with Gasteiger partial charge in [0.2, 0.25) is 17.8 Å². The Morgan fingerprint density at radius 1 is 1.10 bits per heavy atom. The van der Waals surface area contributed by atoms with Crippen molar-refractivity contribution in [1.82, 2.24) is 20.3 Å². The predicted octanol–water partition coefficient (Wildman–Crippen LogP) is 4.10. The minimum atomic E-state index is -0.0283. The molecule has 3 aromatic rings. The molecule has 2 aromatic carbocycles. The molecule has 7 nitrogen and oxygen atoms in total. The predicted molar refractivity (Wildman–Crippen MR) is 123 cm³/mol. The van der Waals surface area contributed by atoms with Gasteiger partial charge in [-0.2, -0.15) is 26.7 Å². The van der Waals surface area contributed by atoms with E-state index in [0.29, 0.717) is 41.3 Å². The molecule has 0 fully saturated rings. The smallest absolute Gasteiger partial charge is 0.232 e. The summed E-state index contributed by atoms with van der Waals surface area (Å²) in [6.07, 6.45) is 0.393. The number of benzene rings is 2. The van der Waals surface area contributed by atoms with E-state index in [1.165, 1.54) is 0 Å². The molecule has 0 spiro atoms. The lowest BCUT2D eigenvalue weighted by atomic mass is 10.2. The van der Waals surface area contributed by atoms with Crippen LogP contribution in [0, 0.1) is 6.92 Å². The Hall–Kier alpha value is -2.84. The van der Waals surface area contributed by atoms with Crippen LogP contribution in [0.1, 0.15) is 23.4 Å². The average Bonchev–Trinajstić information content (AvgIpc) is 2.72. The molecule has 1 heterocycles. The largest absolute Gasteiger partial charge is 0.368 e. The number of nitrogens with one attached hydrogen (secondary N) is 2. The van der Waals surface area contributed by atoms with Gasteiger partial charge in [0.1, 0.15) is 5.82 Å². The van der Waals surface area contributed by atoms with Crippen LogP contribution in [0.4, 0.5) is 17.6 Å². The van der Waals surface area contributed by atoms with Crippen molar-refractivity contribution >= 4 is 46.9 Å². The van der Waals surface area contributed by atoms with Gasteiger partial charge in [0.05, 0.1) is 5.75 Å². The summed E-state index contributed by atoms with van der Waals surface area (Å²) in [5, 5.41) is 6.70. The fourth-order valence-electron chi connectivity index (χ4n) is 2.64. The van der Waals surface area contributed by atoms with Crippen LogP contribution in [0.2, 0.25) is 5.02 Å². The molecule has 0 unspecified atom stereocenters. The number of nitrogens with two attached hydrogens (primary N) is 1. The topological polar surface area (TPSA) is 106 Å². The third-order valence-corrected chi connectivity index (χ3v) is 5.55. The van der Waals surface area contributed by atoms with Gasteiger partial charge >= 0.3 is 0 Å². The van der Waals surface area contributed by atoms with E-state index in [0.717, 1.165) is 16.8 Å². The summed E-state index contributed by atoms with van der Waals surface area (Å²) in [6.45, 7) is 2.42. The van der Waals surface area contributed by atoms with E-state index < -0.39 is 0 Å². The number of hydrogen-bond acceptors (Lipinski definition) is 7. The quantitative estimate of drug-likeness (QED) is 0.428. The number of aromatic nitrogens is 3. The van der Waals surface area contributed by atoms with Crippen LogP contribution in [0.3, 0.4) is 0 Å². The first-order valence-corrected chi connectivity index (χ1v) is 11.0. The number of carbonyl (C=O) groups is 1. The fraction of sp³-hybridized carbons (Fsp3) is 0.238. The number of aryl methyl sites for hydroxylation is 1. The number of halogens is 1. The van der Waals surface area contributed by atoms with E-state index >= 15 is 0 Å². The number of anilines is 3. The molecular weight excluding hydrogens is 420 g/mol. The molecule has 156 valence electrons. The number of thioether (sulfide) groups is 1. The van der Waals surface area contributed by atoms with Gasteiger partial charge in [-0.3, -0.25) is 4.79 Å². The second kappa shape index (κ2) is 10.8. The van der Waals surface area contributed by atoms with Gasteiger partial charge in [-0.1, -0.05) is 48.0 Å². The zero-order valence-corrected chi connectivity index (χ0v) is 18.1. The van der Waals surface area contributed by atoms with Crippen LogP contribution in [0.5, 0.6) is 0 Å². The van der Waals surface area contributed by atoms with Crippen molar-refractivity contribution < 1.29 is 4.79 Å². The molecule has 0 aliphatic heterocycles. The lowest BCUT2D eigenvalue weighted by molar-refractivity contribution is -0.120. The van der Waals surface area contributed by atoms with E-state index in [2.05, 4.69) is 25.6 Å². The van der Waals surface area contributed by atoms with Gasteiger partial charge in [0.15, 0.2) is 0 Å². The van der Waals surface area contributed by atoms with E-state index in [-0.39, 0.29) is 11.9 Å². The molecule has 3 rings (SSSR count). The Labute approximate surface area is 184 Å². The Bertz CT molecular complexity index is 1020. The molecule has 0 atom stereocenters. The second-order valence-corrected chi connectivity index (χ2v) is 8.06. The molecule has 0 bridgehead atoms. The molecule has 9 heteroatoms. The molecule has 0 aliphatic rings. The van der Waals surface area contributed by atoms with Crippen molar-refractivity contribution in [1.29, 1.82) is 0 Å². The summed E-state index contributed by atoms with van der Waals surface area (Å²) >= 11 is 7.66. The first kappa shape index (κ1) is 21.9. The van der Waals surface area contributed by atoms with Gasteiger partial charge < -0.3 is 16.4 Å². The first-order valence-electron chi connectivity index (χ1n) is 9.42. The third kappa shape index (κ3) is 6.60. The Kier molecular flexibility index (Phi) is 7.87. The Morgan fingerprint density at radius 2 is 1.87 bits per heavy atom. The van der Waals surface area contributed by atoms with Gasteiger partial charge in [0.25, 0.3) is 0 Å². The molecule has 0 aliphatic carbocycles. The zero-order chi connectivity index (χ0) is 21.3. The number of nitrogens with zero attached hydrogens (tertiary/aromatic N) is 3. The van der Waals surface area contributed by atoms with Gasteiger partial charge in [-0.05, 0) is 30.2 Å². The van der Waals surface area contributed by atoms with Crippen molar-refractivity contribution in [3.63, 3.8) is 0 Å². The lowest BCUT2D eigenvalue weighted by Crippen LogP contribution is -2.23. The Balaban J connectivity index is 1.45. The van der Waals surface area contributed by atoms with Crippen molar-refractivity contribution in [3.8, 4) is 0 Å². The molecule has 0 saturated carbocycles. The van der Waals surface area contributed by atoms with Crippen molar-refractivity contribution in [2.24, 2.45) is 0 Å². The van der Waals surface area contributed by atoms with Crippen LogP contribution in [-0.2, 0) is 17.1 Å². The molecule has 30 heavy (non-hydrogen) atoms. The Morgan fingerprint density at radius 3 is 2.67 bits per heavy atom. The molecular formula is C21H23ClN6OS. The summed E-state index contributed by atoms with van der Waals surface area (Å²) < 4.78 is 0. The number of rotatable bonds is 9. The number of carbonyl (C=O) groups excluding carboxylic acids is 1. The van der Waals surface area contributed by atoms with Gasteiger partial charge in [-0.25, -0.2) is 0 Å². The minimum Gasteiger partial charge on any atom is -0.368 e. The maximum absolute atomic E-state index is 12.0. The van der Waals surface area contributed by atoms with Crippen molar-refractivity contribution in [3.05, 3.63) is 70.5 Å². The van der Waals surface area contributed by atoms with Crippen LogP contribution in [-0.4, -0.2) is 26.6 Å². The average molecular weight is 443 g/mol. The van der Waals surface area contributed by atoms with E-state index in [4.69, 9.17) is 17.3 Å². The maximum atomic E-state index is 12.0. The summed E-state index contributed by atoms with van der Waals surface area (Å²) in [4.78, 5) is 24.8. The summed E-state index contributed by atoms with van der Waals surface area (Å²) in [6, 6.07) is 15.3. The van der Waals surface area contributed by atoms with Crippen molar-refractivity contribution in [2.45, 2.75) is 25.6 Å². The normalized spacial score (nSPS) is 10.6. The number of para-hydroxylation sites is 1. The third-order valence-electron chi connectivity index (χ3n) is 4.23. The zero-order valence-electron chi connectivity index (χ0n) is 16.6. The highest BCUT2D eigenvalue weighted by Crippen LogP contribution is 2.19. The highest BCUT2D eigenvalue weighted by Gasteiger charge is 2.08. The molecule has 0 saturated heterocycles. The number of amides is 1. The number of nitrogen functional groups attached to an aromatic ring is 1. The summed E-state index contributed by atoms with van der Waals surface area (Å²) in [5.41, 5.74) is 8.71. The van der Waals surface area contributed by atoms with Crippen LogP contribution >= 0.6 is 23.4 Å². The number of hydrogen-bond donors (Lipinski definition) is 3. The molecule has 0 radical (unpaired) electrons. The van der Waals surface area contributed by atoms with E-state index in [1.54, 1.807) is 11.8 Å². The van der Waals surface area contributed by atoms with Gasteiger partial charge in [0, 0.05) is 29.4 Å². The summed E-state index contributed by atoms with van der Waals surface area (Å²) in [7, 11) is 0. The molecule has 1 aromatic heterocycles. The summed E-state index contributed by atoms with van der Waals surface area (Å²) in [5.74, 6) is 2.28. The van der Waals surface area contributed by atoms with Gasteiger partial charge in [-0.15, -0.1) is 0 Å². The van der Waals surface area contributed by atoms with E-state index in [9.17, 15) is 4.79 Å². The second-order valence-electron chi connectivity index (χ2n) is 6.54. The maximum Gasteiger partial charge on any atom is 0.232 e. The monoisotopic (exact) mass is 442 g/mol. The first-order chi connectivity index (χ1) is 14.5. The lowest BCUT2D eigenvalue weighted by Gasteiger charge is -2.09. The fourth-order valence-corrected chi connectivity index (χ4v) is 3.63. The SMILES string of the molecule is Cc1ccccc1Nc1nc(N)nc(CSCCC(=O)NCc2ccccc2Cl)n1. The van der Waals surface area contributed by atoms with Crippen molar-refractivity contribution in [2.75, 3.05) is 16.8 Å². The molecule has 4 N–H and O–H groups in total. The van der Waals surface area contributed by atoms with Crippen LogP contribution < -0.4 is 16.4 Å². The highest BCUT2D eigenvalue weighted by molar-refractivity contribution is 7.98.